The summed E-state index contributed by atoms with van der Waals surface area (Å²) in [5, 5.41) is 2.23. The number of amides is 3. The van der Waals surface area contributed by atoms with Gasteiger partial charge in [-0.2, -0.15) is 0 Å². The van der Waals surface area contributed by atoms with Crippen LogP contribution in [0.3, 0.4) is 0 Å². The second-order valence-corrected chi connectivity index (χ2v) is 9.49. The normalized spacial score (nSPS) is 14.5. The van der Waals surface area contributed by atoms with Crippen molar-refractivity contribution in [3.63, 3.8) is 0 Å². The number of nitrogens with one attached hydrogen (secondary N) is 1. The SMILES string of the molecule is Cc1cccc(COc2ccc(/C=C3/SC(=O)N(CC(=O)Nc4ccccc4Br)C3=O)cc2)c1. The fraction of sp³-hybridized carbons (Fsp3) is 0.115. The lowest BCUT2D eigenvalue weighted by Crippen LogP contribution is -2.36. The lowest BCUT2D eigenvalue weighted by Gasteiger charge is -2.13. The van der Waals surface area contributed by atoms with Gasteiger partial charge in [0.15, 0.2) is 0 Å². The molecule has 1 N–H and O–H groups in total. The number of ether oxygens (including phenoxy) is 1. The van der Waals surface area contributed by atoms with Crippen molar-refractivity contribution >= 4 is 56.5 Å². The molecule has 3 amide bonds. The molecular weight excluding hydrogens is 516 g/mol. The van der Waals surface area contributed by atoms with E-state index in [2.05, 4.69) is 27.3 Å². The molecular formula is C26H21BrN2O4S. The van der Waals surface area contributed by atoms with Crippen LogP contribution in [0.5, 0.6) is 5.75 Å². The third-order valence-corrected chi connectivity index (χ3v) is 6.59. The average Bonchev–Trinajstić information content (AvgIpc) is 3.07. The summed E-state index contributed by atoms with van der Waals surface area (Å²) < 4.78 is 6.54. The van der Waals surface area contributed by atoms with Crippen molar-refractivity contribution in [2.45, 2.75) is 13.5 Å². The molecule has 0 spiro atoms. The van der Waals surface area contributed by atoms with E-state index in [4.69, 9.17) is 4.74 Å². The summed E-state index contributed by atoms with van der Waals surface area (Å²) >= 11 is 4.17. The number of para-hydroxylation sites is 1. The number of carbonyl (C=O) groups excluding carboxylic acids is 3. The number of imide groups is 1. The average molecular weight is 537 g/mol. The van der Waals surface area contributed by atoms with E-state index >= 15 is 0 Å². The van der Waals surface area contributed by atoms with E-state index in [9.17, 15) is 14.4 Å². The van der Waals surface area contributed by atoms with E-state index in [0.29, 0.717) is 22.5 Å². The van der Waals surface area contributed by atoms with Crippen molar-refractivity contribution in [1.82, 2.24) is 4.90 Å². The van der Waals surface area contributed by atoms with Crippen molar-refractivity contribution in [2.24, 2.45) is 0 Å². The Bertz CT molecular complexity index is 1270. The summed E-state index contributed by atoms with van der Waals surface area (Å²) in [6, 6.07) is 22.5. The fourth-order valence-corrected chi connectivity index (χ4v) is 4.53. The second kappa shape index (κ2) is 10.7. The standard InChI is InChI=1S/C26H21BrN2O4S/c1-17-5-4-6-19(13-17)16-33-20-11-9-18(10-12-20)14-23-25(31)29(26(32)34-23)15-24(30)28-22-8-3-2-7-21(22)27/h2-14H,15-16H2,1H3,(H,28,30)/b23-14+. The van der Waals surface area contributed by atoms with E-state index < -0.39 is 17.1 Å². The molecule has 0 saturated carbocycles. The Labute approximate surface area is 210 Å². The summed E-state index contributed by atoms with van der Waals surface area (Å²) in [6.07, 6.45) is 1.64. The van der Waals surface area contributed by atoms with Crippen molar-refractivity contribution in [1.29, 1.82) is 0 Å². The number of carbonyl (C=O) groups is 3. The Morgan fingerprint density at radius 1 is 1.06 bits per heavy atom. The van der Waals surface area contributed by atoms with Crippen LogP contribution in [0.15, 0.2) is 82.2 Å². The molecule has 0 atom stereocenters. The molecule has 8 heteroatoms. The number of benzene rings is 3. The first-order chi connectivity index (χ1) is 16.4. The smallest absolute Gasteiger partial charge is 0.294 e. The zero-order valence-corrected chi connectivity index (χ0v) is 20.7. The van der Waals surface area contributed by atoms with E-state index in [1.165, 1.54) is 5.56 Å². The Morgan fingerprint density at radius 3 is 2.56 bits per heavy atom. The van der Waals surface area contributed by atoms with Crippen LogP contribution in [0.4, 0.5) is 10.5 Å². The maximum atomic E-state index is 12.7. The molecule has 1 aliphatic heterocycles. The van der Waals surface area contributed by atoms with Crippen LogP contribution in [0, 0.1) is 6.92 Å². The molecule has 0 bridgehead atoms. The van der Waals surface area contributed by atoms with Crippen molar-refractivity contribution in [3.8, 4) is 5.75 Å². The minimum atomic E-state index is -0.489. The highest BCUT2D eigenvalue weighted by molar-refractivity contribution is 9.10. The number of nitrogens with zero attached hydrogens (tertiary/aromatic N) is 1. The highest BCUT2D eigenvalue weighted by Crippen LogP contribution is 2.32. The number of anilines is 1. The zero-order valence-electron chi connectivity index (χ0n) is 18.3. The molecule has 0 aliphatic carbocycles. The maximum absolute atomic E-state index is 12.7. The van der Waals surface area contributed by atoms with Gasteiger partial charge in [-0.05, 0) is 76.1 Å². The topological polar surface area (TPSA) is 75.7 Å². The van der Waals surface area contributed by atoms with E-state index in [1.807, 2.05) is 55.5 Å². The largest absolute Gasteiger partial charge is 0.489 e. The lowest BCUT2D eigenvalue weighted by atomic mass is 10.1. The van der Waals surface area contributed by atoms with Gasteiger partial charge in [0.25, 0.3) is 11.1 Å². The summed E-state index contributed by atoms with van der Waals surface area (Å²) in [4.78, 5) is 38.7. The second-order valence-electron chi connectivity index (χ2n) is 7.64. The van der Waals surface area contributed by atoms with Gasteiger partial charge in [-0.3, -0.25) is 19.3 Å². The lowest BCUT2D eigenvalue weighted by molar-refractivity contribution is -0.127. The highest BCUT2D eigenvalue weighted by Gasteiger charge is 2.36. The number of aryl methyl sites for hydroxylation is 1. The van der Waals surface area contributed by atoms with Crippen LogP contribution in [0.2, 0.25) is 0 Å². The quantitative estimate of drug-likeness (QED) is 0.374. The van der Waals surface area contributed by atoms with Gasteiger partial charge in [-0.15, -0.1) is 0 Å². The molecule has 4 rings (SSSR count). The molecule has 1 heterocycles. The third-order valence-electron chi connectivity index (χ3n) is 4.99. The summed E-state index contributed by atoms with van der Waals surface area (Å²) in [6.45, 7) is 2.14. The first-order valence-electron chi connectivity index (χ1n) is 10.5. The monoisotopic (exact) mass is 536 g/mol. The maximum Gasteiger partial charge on any atom is 0.294 e. The molecule has 3 aromatic carbocycles. The number of rotatable bonds is 7. The van der Waals surface area contributed by atoms with Crippen LogP contribution < -0.4 is 10.1 Å². The third kappa shape index (κ3) is 5.95. The molecule has 0 unspecified atom stereocenters. The van der Waals surface area contributed by atoms with Gasteiger partial charge >= 0.3 is 0 Å². The molecule has 172 valence electrons. The number of halogens is 1. The fourth-order valence-electron chi connectivity index (χ4n) is 3.31. The molecule has 34 heavy (non-hydrogen) atoms. The van der Waals surface area contributed by atoms with Gasteiger partial charge in [0.05, 0.1) is 10.6 Å². The Kier molecular flexibility index (Phi) is 7.49. The van der Waals surface area contributed by atoms with Gasteiger partial charge < -0.3 is 10.1 Å². The van der Waals surface area contributed by atoms with Gasteiger partial charge in [0.2, 0.25) is 5.91 Å². The predicted molar refractivity (Wildman–Crippen MR) is 137 cm³/mol. The molecule has 6 nitrogen and oxygen atoms in total. The molecule has 1 fully saturated rings. The van der Waals surface area contributed by atoms with Gasteiger partial charge in [-0.25, -0.2) is 0 Å². The van der Waals surface area contributed by atoms with Crippen LogP contribution in [0.25, 0.3) is 6.08 Å². The Balaban J connectivity index is 1.36. The first kappa shape index (κ1) is 23.8. The first-order valence-corrected chi connectivity index (χ1v) is 12.1. The predicted octanol–water partition coefficient (Wildman–Crippen LogP) is 6.01. The van der Waals surface area contributed by atoms with Crippen molar-refractivity contribution in [3.05, 3.63) is 98.9 Å². The van der Waals surface area contributed by atoms with E-state index in [1.54, 1.807) is 24.3 Å². The molecule has 0 aromatic heterocycles. The number of hydrogen-bond donors (Lipinski definition) is 1. The van der Waals surface area contributed by atoms with Gasteiger partial charge in [0.1, 0.15) is 18.9 Å². The molecule has 1 aliphatic rings. The summed E-state index contributed by atoms with van der Waals surface area (Å²) in [7, 11) is 0. The van der Waals surface area contributed by atoms with Gasteiger partial charge in [-0.1, -0.05) is 54.1 Å². The van der Waals surface area contributed by atoms with Crippen LogP contribution in [-0.2, 0) is 16.2 Å². The Hall–Kier alpha value is -3.36. The summed E-state index contributed by atoms with van der Waals surface area (Å²) in [5.74, 6) is -0.238. The van der Waals surface area contributed by atoms with E-state index in [0.717, 1.165) is 27.8 Å². The van der Waals surface area contributed by atoms with Crippen LogP contribution in [0.1, 0.15) is 16.7 Å². The van der Waals surface area contributed by atoms with Crippen LogP contribution in [-0.4, -0.2) is 28.5 Å². The highest BCUT2D eigenvalue weighted by atomic mass is 79.9. The number of thioether (sulfide) groups is 1. The van der Waals surface area contributed by atoms with Crippen molar-refractivity contribution < 1.29 is 19.1 Å². The minimum absolute atomic E-state index is 0.270. The zero-order chi connectivity index (χ0) is 24.1. The van der Waals surface area contributed by atoms with Crippen LogP contribution >= 0.6 is 27.7 Å². The van der Waals surface area contributed by atoms with E-state index in [-0.39, 0.29) is 11.4 Å². The molecule has 0 radical (unpaired) electrons. The minimum Gasteiger partial charge on any atom is -0.489 e. The van der Waals surface area contributed by atoms with Gasteiger partial charge in [0, 0.05) is 4.47 Å². The number of hydrogen-bond acceptors (Lipinski definition) is 5. The Morgan fingerprint density at radius 2 is 1.82 bits per heavy atom. The van der Waals surface area contributed by atoms with Crippen molar-refractivity contribution in [2.75, 3.05) is 11.9 Å². The molecule has 3 aromatic rings. The molecule has 1 saturated heterocycles. The summed E-state index contributed by atoms with van der Waals surface area (Å²) in [5.41, 5.74) is 3.59.